The number of hydrogen-bond acceptors (Lipinski definition) is 3. The summed E-state index contributed by atoms with van der Waals surface area (Å²) < 4.78 is 36.2. The molecule has 6 heteroatoms. The molecule has 0 heterocycles. The fourth-order valence-electron chi connectivity index (χ4n) is 0.824. The number of phenols is 1. The van der Waals surface area contributed by atoms with Crippen LogP contribution in [0.4, 0.5) is 24.5 Å². The van der Waals surface area contributed by atoms with E-state index in [1.165, 1.54) is 0 Å². The third-order valence-corrected chi connectivity index (χ3v) is 1.52. The number of alkyl halides is 3. The predicted octanol–water partition coefficient (Wildman–Crippen LogP) is 1.58. The van der Waals surface area contributed by atoms with Gasteiger partial charge in [-0.3, -0.25) is 0 Å². The van der Waals surface area contributed by atoms with Gasteiger partial charge >= 0.3 is 6.18 Å². The van der Waals surface area contributed by atoms with Crippen molar-refractivity contribution in [2.45, 2.75) is 6.18 Å². The first-order valence-electron chi connectivity index (χ1n) is 3.27. The second-order valence-electron chi connectivity index (χ2n) is 2.50. The van der Waals surface area contributed by atoms with Crippen molar-refractivity contribution >= 4 is 11.4 Å². The fraction of sp³-hybridized carbons (Fsp3) is 0.143. The minimum absolute atomic E-state index is 0.243. The minimum Gasteiger partial charge on any atom is -0.506 e. The Morgan fingerprint density at radius 1 is 1.15 bits per heavy atom. The molecule has 1 aromatic carbocycles. The highest BCUT2D eigenvalue weighted by Crippen LogP contribution is 2.36. The van der Waals surface area contributed by atoms with Crippen molar-refractivity contribution in [1.29, 1.82) is 0 Å². The summed E-state index contributed by atoms with van der Waals surface area (Å²) in [5.41, 5.74) is 8.74. The highest BCUT2D eigenvalue weighted by molar-refractivity contribution is 5.71. The van der Waals surface area contributed by atoms with Gasteiger partial charge in [0, 0.05) is 0 Å². The molecule has 0 spiro atoms. The number of phenolic OH excluding ortho intramolecular Hbond substituents is 1. The number of nitrogen functional groups attached to an aromatic ring is 2. The van der Waals surface area contributed by atoms with Gasteiger partial charge in [0.2, 0.25) is 0 Å². The second-order valence-corrected chi connectivity index (χ2v) is 2.50. The molecular weight excluding hydrogens is 185 g/mol. The molecule has 0 aliphatic heterocycles. The van der Waals surface area contributed by atoms with Gasteiger partial charge in [-0.2, -0.15) is 13.2 Å². The van der Waals surface area contributed by atoms with Crippen molar-refractivity contribution in [3.05, 3.63) is 17.7 Å². The molecule has 0 saturated heterocycles. The Hall–Kier alpha value is -1.59. The van der Waals surface area contributed by atoms with Gasteiger partial charge in [-0.1, -0.05) is 0 Å². The fourth-order valence-corrected chi connectivity index (χ4v) is 0.824. The maximum Gasteiger partial charge on any atom is 0.416 e. The van der Waals surface area contributed by atoms with Crippen LogP contribution < -0.4 is 11.5 Å². The highest BCUT2D eigenvalue weighted by atomic mass is 19.4. The summed E-state index contributed by atoms with van der Waals surface area (Å²) in [6.07, 6.45) is -4.53. The van der Waals surface area contributed by atoms with E-state index in [1.807, 2.05) is 0 Å². The van der Waals surface area contributed by atoms with E-state index in [9.17, 15) is 13.2 Å². The Labute approximate surface area is 71.8 Å². The smallest absolute Gasteiger partial charge is 0.416 e. The van der Waals surface area contributed by atoms with E-state index in [1.54, 1.807) is 0 Å². The molecule has 0 aromatic heterocycles. The molecular formula is C7H7F3N2O. The monoisotopic (exact) mass is 192 g/mol. The zero-order chi connectivity index (χ0) is 10.2. The summed E-state index contributed by atoms with van der Waals surface area (Å²) in [5.74, 6) is -0.660. The maximum atomic E-state index is 12.1. The van der Waals surface area contributed by atoms with Crippen LogP contribution in [0.1, 0.15) is 5.56 Å². The van der Waals surface area contributed by atoms with E-state index in [4.69, 9.17) is 16.6 Å². The molecule has 0 radical (unpaired) electrons. The molecule has 0 fully saturated rings. The Morgan fingerprint density at radius 3 is 2.08 bits per heavy atom. The first-order chi connectivity index (χ1) is 5.82. The molecule has 0 amide bonds. The lowest BCUT2D eigenvalue weighted by Gasteiger charge is -2.09. The first kappa shape index (κ1) is 9.50. The number of anilines is 2. The quantitative estimate of drug-likeness (QED) is 0.431. The summed E-state index contributed by atoms with van der Waals surface area (Å²) in [5, 5.41) is 8.94. The van der Waals surface area contributed by atoms with Crippen LogP contribution in [0.3, 0.4) is 0 Å². The van der Waals surface area contributed by atoms with Gasteiger partial charge in [-0.05, 0) is 12.1 Å². The minimum atomic E-state index is -4.53. The second kappa shape index (κ2) is 2.72. The number of nitrogens with two attached hydrogens (primary N) is 2. The largest absolute Gasteiger partial charge is 0.506 e. The Balaban J connectivity index is 3.29. The van der Waals surface area contributed by atoms with E-state index in [2.05, 4.69) is 0 Å². The predicted molar refractivity (Wildman–Crippen MR) is 41.9 cm³/mol. The Bertz CT molecular complexity index is 312. The van der Waals surface area contributed by atoms with Gasteiger partial charge in [0.15, 0.2) is 0 Å². The lowest BCUT2D eigenvalue weighted by atomic mass is 10.1. The molecule has 0 unspecified atom stereocenters. The molecule has 1 aromatic rings. The Kier molecular flexibility index (Phi) is 1.99. The van der Waals surface area contributed by atoms with E-state index < -0.39 is 17.5 Å². The Morgan fingerprint density at radius 2 is 1.69 bits per heavy atom. The summed E-state index contributed by atoms with van der Waals surface area (Å²) >= 11 is 0. The van der Waals surface area contributed by atoms with Crippen LogP contribution in [0, 0.1) is 0 Å². The van der Waals surface area contributed by atoms with Crippen LogP contribution >= 0.6 is 0 Å². The van der Waals surface area contributed by atoms with E-state index in [-0.39, 0.29) is 11.4 Å². The van der Waals surface area contributed by atoms with Crippen molar-refractivity contribution in [1.82, 2.24) is 0 Å². The number of aromatic hydroxyl groups is 1. The van der Waals surface area contributed by atoms with E-state index >= 15 is 0 Å². The summed E-state index contributed by atoms with van der Waals surface area (Å²) in [7, 11) is 0. The van der Waals surface area contributed by atoms with Gasteiger partial charge in [0.1, 0.15) is 5.75 Å². The third-order valence-electron chi connectivity index (χ3n) is 1.52. The van der Waals surface area contributed by atoms with Crippen molar-refractivity contribution in [2.24, 2.45) is 0 Å². The molecule has 5 N–H and O–H groups in total. The molecule has 3 nitrogen and oxygen atoms in total. The molecule has 0 aliphatic carbocycles. The van der Waals surface area contributed by atoms with Crippen molar-refractivity contribution in [2.75, 3.05) is 11.5 Å². The summed E-state index contributed by atoms with van der Waals surface area (Å²) in [6.45, 7) is 0. The lowest BCUT2D eigenvalue weighted by molar-refractivity contribution is -0.137. The van der Waals surface area contributed by atoms with Gasteiger partial charge < -0.3 is 16.6 Å². The number of rotatable bonds is 0. The van der Waals surface area contributed by atoms with Crippen molar-refractivity contribution in [3.63, 3.8) is 0 Å². The zero-order valence-corrected chi connectivity index (χ0v) is 6.39. The average Bonchev–Trinajstić information content (AvgIpc) is 1.97. The average molecular weight is 192 g/mol. The molecule has 13 heavy (non-hydrogen) atoms. The normalized spacial score (nSPS) is 11.6. The standard InChI is InChI=1S/C7H7F3N2O/c8-7(9,10)3-1-4(11)6(12)5(13)2-3/h1-2,13H,11-12H2. The van der Waals surface area contributed by atoms with Crippen LogP contribution in [0.5, 0.6) is 5.75 Å². The number of benzene rings is 1. The highest BCUT2D eigenvalue weighted by Gasteiger charge is 2.31. The van der Waals surface area contributed by atoms with E-state index in [0.29, 0.717) is 12.1 Å². The first-order valence-corrected chi connectivity index (χ1v) is 3.27. The van der Waals surface area contributed by atoms with Crippen LogP contribution in [0.15, 0.2) is 12.1 Å². The van der Waals surface area contributed by atoms with Gasteiger partial charge in [0.25, 0.3) is 0 Å². The zero-order valence-electron chi connectivity index (χ0n) is 6.39. The molecule has 0 atom stereocenters. The van der Waals surface area contributed by atoms with Gasteiger partial charge in [-0.15, -0.1) is 0 Å². The number of hydrogen-bond donors (Lipinski definition) is 3. The lowest BCUT2D eigenvalue weighted by Crippen LogP contribution is -2.06. The van der Waals surface area contributed by atoms with Crippen molar-refractivity contribution < 1.29 is 18.3 Å². The van der Waals surface area contributed by atoms with Crippen LogP contribution in [-0.2, 0) is 6.18 Å². The van der Waals surface area contributed by atoms with Crippen LogP contribution in [-0.4, -0.2) is 5.11 Å². The topological polar surface area (TPSA) is 72.3 Å². The molecule has 0 saturated carbocycles. The van der Waals surface area contributed by atoms with E-state index in [0.717, 1.165) is 0 Å². The molecule has 0 aliphatic rings. The van der Waals surface area contributed by atoms with Gasteiger partial charge in [-0.25, -0.2) is 0 Å². The maximum absolute atomic E-state index is 12.1. The van der Waals surface area contributed by atoms with Crippen molar-refractivity contribution in [3.8, 4) is 5.75 Å². The third kappa shape index (κ3) is 1.77. The van der Waals surface area contributed by atoms with Gasteiger partial charge in [0.05, 0.1) is 16.9 Å². The SMILES string of the molecule is Nc1cc(C(F)(F)F)cc(O)c1N. The molecule has 1 rings (SSSR count). The summed E-state index contributed by atoms with van der Waals surface area (Å²) in [6, 6.07) is 1.21. The van der Waals surface area contributed by atoms with Crippen LogP contribution in [0.25, 0.3) is 0 Å². The molecule has 72 valence electrons. The molecule has 0 bridgehead atoms. The summed E-state index contributed by atoms with van der Waals surface area (Å²) in [4.78, 5) is 0. The van der Waals surface area contributed by atoms with Crippen LogP contribution in [0.2, 0.25) is 0 Å². The number of halogens is 3.